The molecule has 2 N–H and O–H groups in total. The van der Waals surface area contributed by atoms with E-state index in [2.05, 4.69) is 22.1 Å². The Kier molecular flexibility index (Phi) is 6.16. The highest BCUT2D eigenvalue weighted by molar-refractivity contribution is 5.90. The molecule has 1 heterocycles. The van der Waals surface area contributed by atoms with Crippen LogP contribution >= 0.6 is 0 Å². The third-order valence-electron chi connectivity index (χ3n) is 2.11. The van der Waals surface area contributed by atoms with Crippen LogP contribution in [0, 0.1) is 11.8 Å². The number of ether oxygens (including phenoxy) is 1. The SMILES string of the molecule is CC(C)(C)OCC(=O)Nc1cccc(C#CCCO)n1. The normalized spacial score (nSPS) is 10.6. The van der Waals surface area contributed by atoms with Crippen molar-refractivity contribution in [2.24, 2.45) is 0 Å². The van der Waals surface area contributed by atoms with E-state index in [0.29, 0.717) is 17.9 Å². The highest BCUT2D eigenvalue weighted by Gasteiger charge is 2.13. The number of carbonyl (C=O) groups is 1. The number of hydrogen-bond acceptors (Lipinski definition) is 4. The summed E-state index contributed by atoms with van der Waals surface area (Å²) in [5, 5.41) is 11.3. The number of rotatable bonds is 4. The van der Waals surface area contributed by atoms with Crippen LogP contribution in [-0.2, 0) is 9.53 Å². The molecule has 1 aromatic rings. The van der Waals surface area contributed by atoms with E-state index in [0.717, 1.165) is 0 Å². The van der Waals surface area contributed by atoms with E-state index in [1.807, 2.05) is 20.8 Å². The molecule has 0 aliphatic rings. The minimum atomic E-state index is -0.359. The van der Waals surface area contributed by atoms with Crippen LogP contribution in [0.15, 0.2) is 18.2 Å². The van der Waals surface area contributed by atoms with Gasteiger partial charge < -0.3 is 15.2 Å². The Bertz CT molecular complexity index is 510. The Morgan fingerprint density at radius 3 is 2.85 bits per heavy atom. The van der Waals surface area contributed by atoms with Crippen LogP contribution in [0.5, 0.6) is 0 Å². The maximum absolute atomic E-state index is 11.7. The van der Waals surface area contributed by atoms with Gasteiger partial charge in [0.15, 0.2) is 0 Å². The van der Waals surface area contributed by atoms with Gasteiger partial charge in [-0.15, -0.1) is 0 Å². The topological polar surface area (TPSA) is 71.5 Å². The van der Waals surface area contributed by atoms with Crippen molar-refractivity contribution >= 4 is 11.7 Å². The smallest absolute Gasteiger partial charge is 0.251 e. The zero-order chi connectivity index (χ0) is 15.0. The lowest BCUT2D eigenvalue weighted by Crippen LogP contribution is -2.27. The lowest BCUT2D eigenvalue weighted by molar-refractivity contribution is -0.125. The highest BCUT2D eigenvalue weighted by Crippen LogP contribution is 2.07. The van der Waals surface area contributed by atoms with Crippen molar-refractivity contribution in [3.05, 3.63) is 23.9 Å². The zero-order valence-electron chi connectivity index (χ0n) is 12.1. The van der Waals surface area contributed by atoms with Gasteiger partial charge in [-0.05, 0) is 38.8 Å². The second-order valence-corrected chi connectivity index (χ2v) is 5.13. The van der Waals surface area contributed by atoms with Gasteiger partial charge in [0.05, 0.1) is 12.2 Å². The maximum Gasteiger partial charge on any atom is 0.251 e. The number of hydrogen-bond donors (Lipinski definition) is 2. The predicted octanol–water partition coefficient (Wildman–Crippen LogP) is 1.57. The average molecular weight is 276 g/mol. The number of nitrogens with one attached hydrogen (secondary N) is 1. The summed E-state index contributed by atoms with van der Waals surface area (Å²) < 4.78 is 5.38. The first-order chi connectivity index (χ1) is 9.40. The fourth-order valence-corrected chi connectivity index (χ4v) is 1.24. The molecule has 0 radical (unpaired) electrons. The first kappa shape index (κ1) is 16.2. The standard InChI is InChI=1S/C15H20N2O3/c1-15(2,3)20-11-14(19)17-13-9-6-8-12(16-13)7-4-5-10-18/h6,8-9,18H,5,10-11H2,1-3H3,(H,16,17,19). The quantitative estimate of drug-likeness (QED) is 0.819. The van der Waals surface area contributed by atoms with Gasteiger partial charge in [0, 0.05) is 6.42 Å². The molecular formula is C15H20N2O3. The van der Waals surface area contributed by atoms with Crippen molar-refractivity contribution in [3.8, 4) is 11.8 Å². The number of aromatic nitrogens is 1. The summed E-state index contributed by atoms with van der Waals surface area (Å²) in [5.74, 6) is 5.77. The van der Waals surface area contributed by atoms with Crippen LogP contribution < -0.4 is 5.32 Å². The molecule has 0 saturated heterocycles. The molecule has 0 aliphatic heterocycles. The molecule has 1 aromatic heterocycles. The molecule has 20 heavy (non-hydrogen) atoms. The van der Waals surface area contributed by atoms with Crippen LogP contribution in [0.2, 0.25) is 0 Å². The van der Waals surface area contributed by atoms with Crippen LogP contribution in [0.1, 0.15) is 32.9 Å². The molecule has 0 aromatic carbocycles. The lowest BCUT2D eigenvalue weighted by atomic mass is 10.2. The van der Waals surface area contributed by atoms with Gasteiger partial charge in [-0.25, -0.2) is 4.98 Å². The van der Waals surface area contributed by atoms with Gasteiger partial charge in [-0.2, -0.15) is 0 Å². The molecule has 1 rings (SSSR count). The van der Waals surface area contributed by atoms with Gasteiger partial charge in [-0.3, -0.25) is 4.79 Å². The summed E-state index contributed by atoms with van der Waals surface area (Å²) in [7, 11) is 0. The van der Waals surface area contributed by atoms with Gasteiger partial charge >= 0.3 is 0 Å². The summed E-state index contributed by atoms with van der Waals surface area (Å²) in [6.45, 7) is 5.65. The number of aliphatic hydroxyl groups excluding tert-OH is 1. The minimum absolute atomic E-state index is 0.0214. The molecule has 0 atom stereocenters. The Labute approximate surface area is 119 Å². The fourth-order valence-electron chi connectivity index (χ4n) is 1.24. The van der Waals surface area contributed by atoms with Crippen LogP contribution in [0.4, 0.5) is 5.82 Å². The van der Waals surface area contributed by atoms with Crippen LogP contribution in [-0.4, -0.2) is 34.8 Å². The summed E-state index contributed by atoms with van der Waals surface area (Å²) >= 11 is 0. The first-order valence-electron chi connectivity index (χ1n) is 6.41. The van der Waals surface area contributed by atoms with Crippen molar-refractivity contribution in [1.82, 2.24) is 4.98 Å². The molecule has 0 fully saturated rings. The van der Waals surface area contributed by atoms with Gasteiger partial charge in [-0.1, -0.05) is 12.0 Å². The molecular weight excluding hydrogens is 256 g/mol. The second kappa shape index (κ2) is 7.63. The second-order valence-electron chi connectivity index (χ2n) is 5.13. The molecule has 5 heteroatoms. The van der Waals surface area contributed by atoms with E-state index in [1.165, 1.54) is 0 Å². The zero-order valence-corrected chi connectivity index (χ0v) is 12.1. The van der Waals surface area contributed by atoms with E-state index >= 15 is 0 Å². The molecule has 0 unspecified atom stereocenters. The van der Waals surface area contributed by atoms with Crippen molar-refractivity contribution in [3.63, 3.8) is 0 Å². The Morgan fingerprint density at radius 1 is 1.45 bits per heavy atom. The number of nitrogens with zero attached hydrogens (tertiary/aromatic N) is 1. The molecule has 1 amide bonds. The molecule has 5 nitrogen and oxygen atoms in total. The lowest BCUT2D eigenvalue weighted by Gasteiger charge is -2.18. The van der Waals surface area contributed by atoms with E-state index in [1.54, 1.807) is 18.2 Å². The maximum atomic E-state index is 11.7. The number of anilines is 1. The monoisotopic (exact) mass is 276 g/mol. The molecule has 0 bridgehead atoms. The predicted molar refractivity (Wildman–Crippen MR) is 77.2 cm³/mol. The fraction of sp³-hybridized carbons (Fsp3) is 0.467. The first-order valence-corrected chi connectivity index (χ1v) is 6.41. The summed E-state index contributed by atoms with van der Waals surface area (Å²) in [4.78, 5) is 15.9. The van der Waals surface area contributed by atoms with Gasteiger partial charge in [0.2, 0.25) is 0 Å². The molecule has 0 saturated carbocycles. The molecule has 0 aliphatic carbocycles. The third-order valence-corrected chi connectivity index (χ3v) is 2.11. The largest absolute Gasteiger partial charge is 0.395 e. The highest BCUT2D eigenvalue weighted by atomic mass is 16.5. The minimum Gasteiger partial charge on any atom is -0.395 e. The van der Waals surface area contributed by atoms with Crippen molar-refractivity contribution < 1.29 is 14.6 Å². The van der Waals surface area contributed by atoms with E-state index in [9.17, 15) is 4.79 Å². The number of aliphatic hydroxyl groups is 1. The van der Waals surface area contributed by atoms with Crippen molar-refractivity contribution in [2.45, 2.75) is 32.8 Å². The Morgan fingerprint density at radius 2 is 2.20 bits per heavy atom. The average Bonchev–Trinajstić information content (AvgIpc) is 2.36. The van der Waals surface area contributed by atoms with Crippen LogP contribution in [0.25, 0.3) is 0 Å². The molecule has 0 spiro atoms. The Balaban J connectivity index is 2.58. The van der Waals surface area contributed by atoms with E-state index in [4.69, 9.17) is 9.84 Å². The molecule has 108 valence electrons. The number of pyridine rings is 1. The van der Waals surface area contributed by atoms with Crippen LogP contribution in [0.3, 0.4) is 0 Å². The van der Waals surface area contributed by atoms with Crippen molar-refractivity contribution in [2.75, 3.05) is 18.5 Å². The van der Waals surface area contributed by atoms with E-state index < -0.39 is 0 Å². The van der Waals surface area contributed by atoms with Gasteiger partial charge in [0.1, 0.15) is 18.1 Å². The number of amides is 1. The summed E-state index contributed by atoms with van der Waals surface area (Å²) in [5.41, 5.74) is 0.190. The summed E-state index contributed by atoms with van der Waals surface area (Å²) in [6, 6.07) is 5.19. The number of carbonyl (C=O) groups excluding carboxylic acids is 1. The summed E-state index contributed by atoms with van der Waals surface area (Å²) in [6.07, 6.45) is 0.400. The van der Waals surface area contributed by atoms with Gasteiger partial charge in [0.25, 0.3) is 5.91 Å². The third kappa shape index (κ3) is 6.88. The van der Waals surface area contributed by atoms with E-state index in [-0.39, 0.29) is 24.7 Å². The Hall–Kier alpha value is -1.90. The van der Waals surface area contributed by atoms with Crippen molar-refractivity contribution in [1.29, 1.82) is 0 Å².